The van der Waals surface area contributed by atoms with Gasteiger partial charge < -0.3 is 4.42 Å². The Kier molecular flexibility index (Phi) is 3.71. The van der Waals surface area contributed by atoms with Gasteiger partial charge >= 0.3 is 5.88 Å². The highest BCUT2D eigenvalue weighted by atomic mass is 32.1. The number of furan rings is 1. The number of rotatable bonds is 3. The van der Waals surface area contributed by atoms with Crippen molar-refractivity contribution in [1.82, 2.24) is 10.6 Å². The van der Waals surface area contributed by atoms with Crippen LogP contribution in [0.2, 0.25) is 0 Å². The van der Waals surface area contributed by atoms with Gasteiger partial charge in [0, 0.05) is 0 Å². The van der Waals surface area contributed by atoms with E-state index in [1.54, 1.807) is 0 Å². The third kappa shape index (κ3) is 2.95. The Labute approximate surface area is 117 Å². The average Bonchev–Trinajstić information content (AvgIpc) is 2.81. The first-order chi connectivity index (χ1) is 9.47. The fraction of sp³-hybridized carbons (Fsp3) is 0. The van der Waals surface area contributed by atoms with Crippen LogP contribution in [0.1, 0.15) is 5.76 Å². The fourth-order valence-electron chi connectivity index (χ4n) is 1.40. The minimum Gasteiger partial charge on any atom is -0.401 e. The van der Waals surface area contributed by atoms with Gasteiger partial charge in [-0.3, -0.25) is 30.3 Å². The number of allylic oxidation sites excluding steroid dienone is 2. The lowest BCUT2D eigenvalue weighted by Gasteiger charge is -2.15. The second kappa shape index (κ2) is 5.45. The van der Waals surface area contributed by atoms with Crippen molar-refractivity contribution >= 4 is 41.1 Å². The van der Waals surface area contributed by atoms with Crippen LogP contribution in [0.5, 0.6) is 0 Å². The first-order valence-corrected chi connectivity index (χ1v) is 5.67. The van der Waals surface area contributed by atoms with Crippen molar-refractivity contribution < 1.29 is 18.9 Å². The van der Waals surface area contributed by atoms with Crippen molar-refractivity contribution in [3.05, 3.63) is 45.7 Å². The molecule has 20 heavy (non-hydrogen) atoms. The van der Waals surface area contributed by atoms with Gasteiger partial charge in [0.2, 0.25) is 0 Å². The molecule has 2 N–H and O–H groups in total. The number of amides is 2. The van der Waals surface area contributed by atoms with Crippen molar-refractivity contribution in [1.29, 1.82) is 0 Å². The van der Waals surface area contributed by atoms with E-state index in [-0.39, 0.29) is 16.4 Å². The summed E-state index contributed by atoms with van der Waals surface area (Å²) in [6.07, 6.45) is 4.00. The molecule has 1 saturated heterocycles. The minimum atomic E-state index is -0.668. The monoisotopic (exact) mass is 293 g/mol. The Hall–Kier alpha value is -2.81. The molecule has 8 nitrogen and oxygen atoms in total. The predicted molar refractivity (Wildman–Crippen MR) is 71.4 cm³/mol. The molecule has 102 valence electrons. The van der Waals surface area contributed by atoms with E-state index in [2.05, 4.69) is 22.9 Å². The SMILES string of the molecule is O=C1NC(=S)NC(=O)C1=C/C=C/c1ccc([N+](=O)[O-])o1. The van der Waals surface area contributed by atoms with Crippen molar-refractivity contribution in [2.75, 3.05) is 0 Å². The van der Waals surface area contributed by atoms with Crippen LogP contribution in [0, 0.1) is 10.1 Å². The van der Waals surface area contributed by atoms with Crippen LogP contribution in [0.4, 0.5) is 5.88 Å². The van der Waals surface area contributed by atoms with Crippen LogP contribution in [0.3, 0.4) is 0 Å². The number of thiocarbonyl (C=S) groups is 1. The maximum absolute atomic E-state index is 11.5. The molecule has 1 aromatic heterocycles. The smallest absolute Gasteiger partial charge is 0.401 e. The molecule has 0 unspecified atom stereocenters. The topological polar surface area (TPSA) is 114 Å². The first-order valence-electron chi connectivity index (χ1n) is 5.26. The summed E-state index contributed by atoms with van der Waals surface area (Å²) in [4.78, 5) is 32.7. The number of nitro groups is 1. The van der Waals surface area contributed by atoms with Gasteiger partial charge in [0.1, 0.15) is 16.3 Å². The maximum atomic E-state index is 11.5. The van der Waals surface area contributed by atoms with Crippen LogP contribution in [0.15, 0.2) is 34.3 Å². The quantitative estimate of drug-likeness (QED) is 0.278. The molecule has 0 bridgehead atoms. The molecular weight excluding hydrogens is 286 g/mol. The third-order valence-corrected chi connectivity index (χ3v) is 2.46. The number of carbonyl (C=O) groups excluding carboxylic acids is 2. The number of nitrogens with one attached hydrogen (secondary N) is 2. The molecule has 1 fully saturated rings. The largest absolute Gasteiger partial charge is 0.433 e. The number of carbonyl (C=O) groups is 2. The van der Waals surface area contributed by atoms with Crippen molar-refractivity contribution in [3.63, 3.8) is 0 Å². The highest BCUT2D eigenvalue weighted by molar-refractivity contribution is 7.80. The molecule has 0 spiro atoms. The van der Waals surface area contributed by atoms with Gasteiger partial charge in [-0.25, -0.2) is 0 Å². The zero-order valence-electron chi connectivity index (χ0n) is 9.78. The molecule has 0 aromatic carbocycles. The number of nitrogens with zero attached hydrogens (tertiary/aromatic N) is 1. The predicted octanol–water partition coefficient (Wildman–Crippen LogP) is 0.658. The Morgan fingerprint density at radius 1 is 1.25 bits per heavy atom. The van der Waals surface area contributed by atoms with Crippen molar-refractivity contribution in [3.8, 4) is 0 Å². The summed E-state index contributed by atoms with van der Waals surface area (Å²) in [5.41, 5.74) is -0.129. The highest BCUT2D eigenvalue weighted by Gasteiger charge is 2.24. The summed E-state index contributed by atoms with van der Waals surface area (Å²) >= 11 is 4.64. The van der Waals surface area contributed by atoms with E-state index in [0.29, 0.717) is 0 Å². The van der Waals surface area contributed by atoms with Gasteiger partial charge in [-0.15, -0.1) is 0 Å². The first kappa shape index (κ1) is 13.6. The number of hydrogen-bond donors (Lipinski definition) is 2. The minimum absolute atomic E-state index is 0.0530. The fourth-order valence-corrected chi connectivity index (χ4v) is 1.58. The highest BCUT2D eigenvalue weighted by Crippen LogP contribution is 2.16. The van der Waals surface area contributed by atoms with Gasteiger partial charge in [-0.2, -0.15) is 0 Å². The van der Waals surface area contributed by atoms with E-state index in [0.717, 1.165) is 0 Å². The van der Waals surface area contributed by atoms with Crippen LogP contribution in [0.25, 0.3) is 6.08 Å². The molecule has 0 saturated carbocycles. The zero-order valence-corrected chi connectivity index (χ0v) is 10.6. The van der Waals surface area contributed by atoms with Gasteiger partial charge in [0.05, 0.1) is 6.07 Å². The van der Waals surface area contributed by atoms with E-state index in [1.165, 1.54) is 30.4 Å². The van der Waals surface area contributed by atoms with Crippen LogP contribution >= 0.6 is 12.2 Å². The van der Waals surface area contributed by atoms with E-state index >= 15 is 0 Å². The Morgan fingerprint density at radius 2 is 1.90 bits per heavy atom. The van der Waals surface area contributed by atoms with Gasteiger partial charge in [0.15, 0.2) is 5.11 Å². The normalized spacial score (nSPS) is 15.2. The summed E-state index contributed by atoms with van der Waals surface area (Å²) in [6.45, 7) is 0. The third-order valence-electron chi connectivity index (χ3n) is 2.26. The molecule has 1 aromatic rings. The molecule has 2 heterocycles. The molecule has 2 rings (SSSR count). The molecule has 9 heteroatoms. The summed E-state index contributed by atoms with van der Waals surface area (Å²) < 4.78 is 4.87. The van der Waals surface area contributed by atoms with Gasteiger partial charge in [-0.1, -0.05) is 6.08 Å². The molecule has 0 radical (unpaired) electrons. The average molecular weight is 293 g/mol. The molecular formula is C11H7N3O5S. The Balaban J connectivity index is 2.13. The number of hydrogen-bond acceptors (Lipinski definition) is 6. The van der Waals surface area contributed by atoms with E-state index in [1.807, 2.05) is 0 Å². The molecule has 2 amide bonds. The lowest BCUT2D eigenvalue weighted by atomic mass is 10.2. The molecule has 0 atom stereocenters. The summed E-state index contributed by atoms with van der Waals surface area (Å²) in [6, 6.07) is 2.59. The molecule has 1 aliphatic heterocycles. The lowest BCUT2D eigenvalue weighted by molar-refractivity contribution is -0.402. The summed E-state index contributed by atoms with van der Waals surface area (Å²) in [7, 11) is 0. The van der Waals surface area contributed by atoms with Crippen LogP contribution in [-0.4, -0.2) is 21.9 Å². The maximum Gasteiger partial charge on any atom is 0.433 e. The van der Waals surface area contributed by atoms with E-state index in [9.17, 15) is 19.7 Å². The summed E-state index contributed by atoms with van der Waals surface area (Å²) in [5.74, 6) is -1.40. The summed E-state index contributed by atoms with van der Waals surface area (Å²) in [5, 5.41) is 14.9. The molecule has 1 aliphatic rings. The second-order valence-corrected chi connectivity index (χ2v) is 4.02. The van der Waals surface area contributed by atoms with Gasteiger partial charge in [-0.05, 0) is 30.4 Å². The molecule has 0 aliphatic carbocycles. The Bertz CT molecular complexity index is 651. The van der Waals surface area contributed by atoms with Gasteiger partial charge in [0.25, 0.3) is 11.8 Å². The van der Waals surface area contributed by atoms with Crippen molar-refractivity contribution in [2.24, 2.45) is 0 Å². The van der Waals surface area contributed by atoms with E-state index in [4.69, 9.17) is 4.42 Å². The second-order valence-electron chi connectivity index (χ2n) is 3.61. The van der Waals surface area contributed by atoms with Crippen molar-refractivity contribution in [2.45, 2.75) is 0 Å². The standard InChI is InChI=1S/C11H7N3O5S/c15-9-7(10(16)13-11(20)12-9)3-1-2-6-4-5-8(19-6)14(17)18/h1-5H,(H2,12,13,15,16,20)/b2-1+. The zero-order chi connectivity index (χ0) is 14.7. The Morgan fingerprint density at radius 3 is 2.45 bits per heavy atom. The van der Waals surface area contributed by atoms with Crippen LogP contribution < -0.4 is 10.6 Å². The van der Waals surface area contributed by atoms with E-state index < -0.39 is 22.6 Å². The lowest BCUT2D eigenvalue weighted by Crippen LogP contribution is -2.51. The van der Waals surface area contributed by atoms with Crippen LogP contribution in [-0.2, 0) is 9.59 Å².